The third-order valence-corrected chi connectivity index (χ3v) is 3.33. The molecule has 1 amide bonds. The molecule has 0 heterocycles. The lowest BCUT2D eigenvalue weighted by atomic mass is 10.1. The first-order chi connectivity index (χ1) is 9.69. The van der Waals surface area contributed by atoms with Gasteiger partial charge in [-0.1, -0.05) is 31.9 Å². The molecular weight excluding hydrogens is 288 g/mol. The minimum absolute atomic E-state index is 0. The first kappa shape index (κ1) is 19.7. The monoisotopic (exact) mass is 314 g/mol. The highest BCUT2D eigenvalue weighted by atomic mass is 35.5. The van der Waals surface area contributed by atoms with Crippen molar-refractivity contribution >= 4 is 18.3 Å². The number of halogens is 1. The molecule has 5 heteroatoms. The van der Waals surface area contributed by atoms with Crippen LogP contribution in [0, 0.1) is 0 Å². The number of carbonyl (C=O) groups is 1. The van der Waals surface area contributed by atoms with Crippen LogP contribution in [-0.4, -0.2) is 25.6 Å². The second kappa shape index (κ2) is 11.4. The number of ether oxygens (including phenoxy) is 1. The van der Waals surface area contributed by atoms with Gasteiger partial charge in [-0.05, 0) is 30.5 Å². The van der Waals surface area contributed by atoms with Gasteiger partial charge in [-0.25, -0.2) is 0 Å². The highest BCUT2D eigenvalue weighted by Crippen LogP contribution is 2.13. The Bertz CT molecular complexity index is 413. The number of unbranched alkanes of at least 4 members (excludes halogenated alkanes) is 1. The largest absolute Gasteiger partial charge is 0.497 e. The van der Waals surface area contributed by atoms with Crippen molar-refractivity contribution in [2.75, 3.05) is 13.7 Å². The predicted molar refractivity (Wildman–Crippen MR) is 89.1 cm³/mol. The first-order valence-electron chi connectivity index (χ1n) is 7.32. The molecule has 0 saturated carbocycles. The second-order valence-corrected chi connectivity index (χ2v) is 4.99. The average molecular weight is 315 g/mol. The molecule has 3 N–H and O–H groups in total. The van der Waals surface area contributed by atoms with Gasteiger partial charge in [-0.2, -0.15) is 0 Å². The van der Waals surface area contributed by atoms with E-state index in [0.717, 1.165) is 30.6 Å². The third-order valence-electron chi connectivity index (χ3n) is 3.33. The standard InChI is InChI=1S/C16H26N2O2.ClH/c1-3-4-7-14(12-17)18-16(19)10-9-13-6-5-8-15(11-13)20-2;/h5-6,8,11,14H,3-4,7,9-10,12,17H2,1-2H3,(H,18,19);1H. The Hall–Kier alpha value is -1.26. The van der Waals surface area contributed by atoms with E-state index in [0.29, 0.717) is 19.4 Å². The van der Waals surface area contributed by atoms with Crippen molar-refractivity contribution in [2.45, 2.75) is 45.1 Å². The van der Waals surface area contributed by atoms with E-state index in [1.54, 1.807) is 7.11 Å². The lowest BCUT2D eigenvalue weighted by molar-refractivity contribution is -0.121. The summed E-state index contributed by atoms with van der Waals surface area (Å²) in [4.78, 5) is 11.9. The van der Waals surface area contributed by atoms with Gasteiger partial charge < -0.3 is 15.8 Å². The molecule has 0 saturated heterocycles. The molecule has 1 aromatic rings. The van der Waals surface area contributed by atoms with Crippen LogP contribution in [0.3, 0.4) is 0 Å². The smallest absolute Gasteiger partial charge is 0.220 e. The maximum Gasteiger partial charge on any atom is 0.220 e. The first-order valence-corrected chi connectivity index (χ1v) is 7.32. The van der Waals surface area contributed by atoms with E-state index < -0.39 is 0 Å². The molecule has 120 valence electrons. The molecule has 0 aliphatic heterocycles. The van der Waals surface area contributed by atoms with Gasteiger partial charge in [0.15, 0.2) is 0 Å². The quantitative estimate of drug-likeness (QED) is 0.736. The number of hydrogen-bond acceptors (Lipinski definition) is 3. The minimum atomic E-state index is 0. The normalized spacial score (nSPS) is 11.4. The highest BCUT2D eigenvalue weighted by Gasteiger charge is 2.10. The van der Waals surface area contributed by atoms with E-state index in [1.165, 1.54) is 0 Å². The minimum Gasteiger partial charge on any atom is -0.497 e. The van der Waals surface area contributed by atoms with Crippen molar-refractivity contribution in [3.63, 3.8) is 0 Å². The van der Waals surface area contributed by atoms with Crippen LogP contribution in [0.25, 0.3) is 0 Å². The maximum atomic E-state index is 11.9. The topological polar surface area (TPSA) is 64.3 Å². The van der Waals surface area contributed by atoms with Gasteiger partial charge >= 0.3 is 0 Å². The van der Waals surface area contributed by atoms with Crippen LogP contribution in [0.15, 0.2) is 24.3 Å². The van der Waals surface area contributed by atoms with Gasteiger partial charge in [-0.15, -0.1) is 12.4 Å². The van der Waals surface area contributed by atoms with Crippen molar-refractivity contribution in [3.8, 4) is 5.75 Å². The molecule has 1 atom stereocenters. The molecule has 0 bridgehead atoms. The zero-order valence-corrected chi connectivity index (χ0v) is 13.7. The molecule has 0 aliphatic rings. The lowest BCUT2D eigenvalue weighted by Crippen LogP contribution is -2.40. The summed E-state index contributed by atoms with van der Waals surface area (Å²) in [6, 6.07) is 7.92. The lowest BCUT2D eigenvalue weighted by Gasteiger charge is -2.16. The summed E-state index contributed by atoms with van der Waals surface area (Å²) in [7, 11) is 1.64. The van der Waals surface area contributed by atoms with Crippen molar-refractivity contribution in [1.82, 2.24) is 5.32 Å². The van der Waals surface area contributed by atoms with Crippen LogP contribution in [0.5, 0.6) is 5.75 Å². The number of benzene rings is 1. The van der Waals surface area contributed by atoms with Gasteiger partial charge in [0.05, 0.1) is 7.11 Å². The summed E-state index contributed by atoms with van der Waals surface area (Å²) in [6.45, 7) is 2.64. The van der Waals surface area contributed by atoms with E-state index >= 15 is 0 Å². The molecular formula is C16H27ClN2O2. The predicted octanol–water partition coefficient (Wildman–Crippen LogP) is 2.68. The van der Waals surface area contributed by atoms with Crippen molar-refractivity contribution in [3.05, 3.63) is 29.8 Å². The summed E-state index contributed by atoms with van der Waals surface area (Å²) in [5, 5.41) is 3.01. The van der Waals surface area contributed by atoms with Crippen LogP contribution < -0.4 is 15.8 Å². The Morgan fingerprint density at radius 1 is 1.43 bits per heavy atom. The fraction of sp³-hybridized carbons (Fsp3) is 0.562. The summed E-state index contributed by atoms with van der Waals surface area (Å²) in [6.07, 6.45) is 4.37. The molecule has 0 radical (unpaired) electrons. The molecule has 0 aromatic heterocycles. The summed E-state index contributed by atoms with van der Waals surface area (Å²) >= 11 is 0. The van der Waals surface area contributed by atoms with Gasteiger partial charge in [0, 0.05) is 19.0 Å². The van der Waals surface area contributed by atoms with Crippen LogP contribution in [-0.2, 0) is 11.2 Å². The number of methoxy groups -OCH3 is 1. The van der Waals surface area contributed by atoms with Gasteiger partial charge in [0.25, 0.3) is 0 Å². The molecule has 0 spiro atoms. The summed E-state index contributed by atoms with van der Waals surface area (Å²) < 4.78 is 5.17. The summed E-state index contributed by atoms with van der Waals surface area (Å²) in [5.74, 6) is 0.894. The zero-order chi connectivity index (χ0) is 14.8. The van der Waals surface area contributed by atoms with Crippen LogP contribution in [0.1, 0.15) is 38.2 Å². The van der Waals surface area contributed by atoms with Crippen LogP contribution >= 0.6 is 12.4 Å². The molecule has 0 aliphatic carbocycles. The second-order valence-electron chi connectivity index (χ2n) is 4.99. The fourth-order valence-electron chi connectivity index (χ4n) is 2.09. The van der Waals surface area contributed by atoms with Gasteiger partial charge in [0.1, 0.15) is 5.75 Å². The van der Waals surface area contributed by atoms with Crippen molar-refractivity contribution in [1.29, 1.82) is 0 Å². The Labute approximate surface area is 133 Å². The molecule has 0 fully saturated rings. The number of rotatable bonds is 9. The third kappa shape index (κ3) is 7.93. The summed E-state index contributed by atoms with van der Waals surface area (Å²) in [5.41, 5.74) is 6.78. The molecule has 1 unspecified atom stereocenters. The van der Waals surface area contributed by atoms with E-state index in [-0.39, 0.29) is 24.4 Å². The van der Waals surface area contributed by atoms with E-state index in [9.17, 15) is 4.79 Å². The Morgan fingerprint density at radius 2 is 2.19 bits per heavy atom. The maximum absolute atomic E-state index is 11.9. The molecule has 21 heavy (non-hydrogen) atoms. The molecule has 1 aromatic carbocycles. The number of aryl methyl sites for hydroxylation is 1. The Kier molecular flexibility index (Phi) is 10.7. The Balaban J connectivity index is 0.00000400. The Morgan fingerprint density at radius 3 is 2.81 bits per heavy atom. The van der Waals surface area contributed by atoms with E-state index in [1.807, 2.05) is 24.3 Å². The van der Waals surface area contributed by atoms with Crippen LogP contribution in [0.4, 0.5) is 0 Å². The highest BCUT2D eigenvalue weighted by molar-refractivity contribution is 5.85. The number of hydrogen-bond donors (Lipinski definition) is 2. The number of nitrogens with two attached hydrogens (primary N) is 1. The van der Waals surface area contributed by atoms with Crippen LogP contribution in [0.2, 0.25) is 0 Å². The molecule has 1 rings (SSSR count). The van der Waals surface area contributed by atoms with Gasteiger partial charge in [0.2, 0.25) is 5.91 Å². The molecule has 4 nitrogen and oxygen atoms in total. The van der Waals surface area contributed by atoms with Gasteiger partial charge in [-0.3, -0.25) is 4.79 Å². The van der Waals surface area contributed by atoms with E-state index in [4.69, 9.17) is 10.5 Å². The number of carbonyl (C=O) groups excluding carboxylic acids is 1. The van der Waals surface area contributed by atoms with Crippen molar-refractivity contribution in [2.24, 2.45) is 5.73 Å². The number of amides is 1. The fourth-order valence-corrected chi connectivity index (χ4v) is 2.09. The SMILES string of the molecule is CCCCC(CN)NC(=O)CCc1cccc(OC)c1.Cl. The zero-order valence-electron chi connectivity index (χ0n) is 12.9. The van der Waals surface area contributed by atoms with E-state index in [2.05, 4.69) is 12.2 Å². The average Bonchev–Trinajstić information content (AvgIpc) is 2.49. The van der Waals surface area contributed by atoms with Crippen molar-refractivity contribution < 1.29 is 9.53 Å². The number of nitrogens with one attached hydrogen (secondary N) is 1.